The van der Waals surface area contributed by atoms with Crippen LogP contribution in [0, 0.1) is 11.8 Å². The van der Waals surface area contributed by atoms with E-state index in [9.17, 15) is 8.42 Å². The Morgan fingerprint density at radius 3 is 2.51 bits per heavy atom. The number of hydrogen-bond donors (Lipinski definition) is 1. The summed E-state index contributed by atoms with van der Waals surface area (Å²) in [6.45, 7) is 3.92. The van der Waals surface area contributed by atoms with Crippen LogP contribution in [0.2, 0.25) is 0 Å². The fraction of sp³-hybridized carbons (Fsp3) is 0.355. The molecule has 0 saturated carbocycles. The van der Waals surface area contributed by atoms with Gasteiger partial charge in [0.2, 0.25) is 10.0 Å². The SMILES string of the molecule is CC1CCN(S(=O)(=O)c2ccc3c(c2)C2C=CCC2C(c2ccccc2OCc2ccccc2)N3)CC1. The summed E-state index contributed by atoms with van der Waals surface area (Å²) in [5.74, 6) is 1.93. The van der Waals surface area contributed by atoms with Crippen LogP contribution in [0.4, 0.5) is 5.69 Å². The number of allylic oxidation sites excluding steroid dienone is 2. The minimum atomic E-state index is -3.49. The molecule has 3 aromatic rings. The van der Waals surface area contributed by atoms with Crippen molar-refractivity contribution in [2.24, 2.45) is 11.8 Å². The van der Waals surface area contributed by atoms with E-state index in [1.165, 1.54) is 0 Å². The maximum atomic E-state index is 13.5. The van der Waals surface area contributed by atoms with E-state index in [4.69, 9.17) is 4.74 Å². The number of anilines is 1. The molecule has 6 heteroatoms. The van der Waals surface area contributed by atoms with Gasteiger partial charge in [-0.1, -0.05) is 67.6 Å². The second-order valence-electron chi connectivity index (χ2n) is 10.6. The maximum absolute atomic E-state index is 13.5. The summed E-state index contributed by atoms with van der Waals surface area (Å²) in [6, 6.07) is 24.2. The van der Waals surface area contributed by atoms with Crippen molar-refractivity contribution in [3.05, 3.63) is 102 Å². The molecule has 3 atom stereocenters. The lowest BCUT2D eigenvalue weighted by atomic mass is 9.77. The van der Waals surface area contributed by atoms with Crippen LogP contribution in [0.3, 0.4) is 0 Å². The Balaban J connectivity index is 1.29. The number of rotatable bonds is 6. The average molecular weight is 515 g/mol. The molecule has 3 unspecified atom stereocenters. The lowest BCUT2D eigenvalue weighted by Crippen LogP contribution is -2.38. The van der Waals surface area contributed by atoms with Gasteiger partial charge in [0, 0.05) is 30.3 Å². The minimum absolute atomic E-state index is 0.0745. The number of piperidine rings is 1. The van der Waals surface area contributed by atoms with E-state index in [1.807, 2.05) is 42.5 Å². The third-order valence-corrected chi connectivity index (χ3v) is 10.1. The highest BCUT2D eigenvalue weighted by atomic mass is 32.2. The number of fused-ring (bicyclic) bond motifs is 3. The van der Waals surface area contributed by atoms with Crippen LogP contribution in [0.1, 0.15) is 54.8 Å². The van der Waals surface area contributed by atoms with E-state index in [0.717, 1.165) is 47.4 Å². The van der Waals surface area contributed by atoms with Crippen LogP contribution < -0.4 is 10.1 Å². The summed E-state index contributed by atoms with van der Waals surface area (Å²) in [4.78, 5) is 0.409. The molecule has 192 valence electrons. The van der Waals surface area contributed by atoms with Crippen molar-refractivity contribution in [1.82, 2.24) is 4.31 Å². The Labute approximate surface area is 220 Å². The second-order valence-corrected chi connectivity index (χ2v) is 12.6. The Bertz CT molecular complexity index is 1390. The van der Waals surface area contributed by atoms with Crippen molar-refractivity contribution in [2.75, 3.05) is 18.4 Å². The quantitative estimate of drug-likeness (QED) is 0.381. The Morgan fingerprint density at radius 2 is 1.70 bits per heavy atom. The molecular weight excluding hydrogens is 480 g/mol. The van der Waals surface area contributed by atoms with Gasteiger partial charge in [-0.25, -0.2) is 8.42 Å². The van der Waals surface area contributed by atoms with E-state index >= 15 is 0 Å². The van der Waals surface area contributed by atoms with Crippen LogP contribution in [0.15, 0.2) is 89.8 Å². The lowest BCUT2D eigenvalue weighted by molar-refractivity contribution is 0.288. The zero-order valence-electron chi connectivity index (χ0n) is 21.2. The molecule has 3 aromatic carbocycles. The van der Waals surface area contributed by atoms with Crippen LogP contribution in [0.25, 0.3) is 0 Å². The fourth-order valence-electron chi connectivity index (χ4n) is 6.02. The van der Waals surface area contributed by atoms with E-state index in [0.29, 0.717) is 36.4 Å². The molecule has 3 aliphatic rings. The molecule has 5 nitrogen and oxygen atoms in total. The molecule has 1 fully saturated rings. The van der Waals surface area contributed by atoms with Gasteiger partial charge in [0.15, 0.2) is 0 Å². The number of nitrogens with one attached hydrogen (secondary N) is 1. The number of benzene rings is 3. The zero-order chi connectivity index (χ0) is 25.4. The molecule has 0 bridgehead atoms. The molecule has 1 N–H and O–H groups in total. The smallest absolute Gasteiger partial charge is 0.243 e. The van der Waals surface area contributed by atoms with Crippen LogP contribution in [-0.4, -0.2) is 25.8 Å². The number of hydrogen-bond acceptors (Lipinski definition) is 4. The van der Waals surface area contributed by atoms with Crippen LogP contribution >= 0.6 is 0 Å². The second kappa shape index (κ2) is 9.99. The van der Waals surface area contributed by atoms with Crippen molar-refractivity contribution < 1.29 is 13.2 Å². The molecule has 6 rings (SSSR count). The molecule has 0 spiro atoms. The molecule has 37 heavy (non-hydrogen) atoms. The summed E-state index contributed by atoms with van der Waals surface area (Å²) in [6.07, 6.45) is 7.28. The molecule has 1 aliphatic carbocycles. The van der Waals surface area contributed by atoms with Crippen molar-refractivity contribution in [2.45, 2.75) is 49.6 Å². The molecule has 2 heterocycles. The molecule has 1 saturated heterocycles. The summed E-state index contributed by atoms with van der Waals surface area (Å²) in [7, 11) is -3.49. The summed E-state index contributed by atoms with van der Waals surface area (Å²) in [5, 5.41) is 3.76. The van der Waals surface area contributed by atoms with Gasteiger partial charge < -0.3 is 10.1 Å². The fourth-order valence-corrected chi connectivity index (χ4v) is 7.52. The van der Waals surface area contributed by atoms with Gasteiger partial charge in [0.1, 0.15) is 12.4 Å². The van der Waals surface area contributed by atoms with E-state index in [1.54, 1.807) is 10.4 Å². The van der Waals surface area contributed by atoms with Gasteiger partial charge >= 0.3 is 0 Å². The van der Waals surface area contributed by atoms with Crippen molar-refractivity contribution in [3.8, 4) is 5.75 Å². The summed E-state index contributed by atoms with van der Waals surface area (Å²) < 4.78 is 34.9. The molecule has 2 aliphatic heterocycles. The van der Waals surface area contributed by atoms with Crippen LogP contribution in [0.5, 0.6) is 5.75 Å². The number of para-hydroxylation sites is 1. The molecule has 0 aromatic heterocycles. The summed E-state index contributed by atoms with van der Waals surface area (Å²) >= 11 is 0. The number of sulfonamides is 1. The van der Waals surface area contributed by atoms with Gasteiger partial charge in [-0.3, -0.25) is 0 Å². The standard InChI is InChI=1S/C31H34N2O3S/c1-22-16-18-33(19-17-22)37(34,35)24-14-15-29-28(20-24)25-11-7-12-26(25)31(32-29)27-10-5-6-13-30(27)36-21-23-8-3-2-4-9-23/h2-11,13-15,20,22,25-26,31-32H,12,16-19,21H2,1H3. The Morgan fingerprint density at radius 1 is 0.946 bits per heavy atom. The third-order valence-electron chi connectivity index (χ3n) is 8.21. The van der Waals surface area contributed by atoms with Crippen molar-refractivity contribution in [3.63, 3.8) is 0 Å². The van der Waals surface area contributed by atoms with Gasteiger partial charge in [0.25, 0.3) is 0 Å². The molecule has 0 amide bonds. The minimum Gasteiger partial charge on any atom is -0.489 e. The van der Waals surface area contributed by atoms with Crippen molar-refractivity contribution in [1.29, 1.82) is 0 Å². The normalized spacial score (nSPS) is 23.8. The highest BCUT2D eigenvalue weighted by Crippen LogP contribution is 2.51. The Kier molecular flexibility index (Phi) is 6.55. The lowest BCUT2D eigenvalue weighted by Gasteiger charge is -2.38. The summed E-state index contributed by atoms with van der Waals surface area (Å²) in [5.41, 5.74) is 4.35. The van der Waals surface area contributed by atoms with Gasteiger partial charge in [-0.2, -0.15) is 4.31 Å². The average Bonchev–Trinajstić information content (AvgIpc) is 3.43. The first-order valence-corrected chi connectivity index (χ1v) is 14.8. The van der Waals surface area contributed by atoms with Gasteiger partial charge in [-0.15, -0.1) is 0 Å². The molecular formula is C31H34N2O3S. The predicted molar refractivity (Wildman–Crippen MR) is 147 cm³/mol. The topological polar surface area (TPSA) is 58.6 Å². The monoisotopic (exact) mass is 514 g/mol. The van der Waals surface area contributed by atoms with Crippen molar-refractivity contribution >= 4 is 15.7 Å². The highest BCUT2D eigenvalue weighted by molar-refractivity contribution is 7.89. The highest BCUT2D eigenvalue weighted by Gasteiger charge is 2.40. The third kappa shape index (κ3) is 4.69. The number of ether oxygens (including phenoxy) is 1. The van der Waals surface area contributed by atoms with Crippen LogP contribution in [-0.2, 0) is 16.6 Å². The van der Waals surface area contributed by atoms with Gasteiger partial charge in [0.05, 0.1) is 10.9 Å². The van der Waals surface area contributed by atoms with E-state index in [-0.39, 0.29) is 12.0 Å². The molecule has 0 radical (unpaired) electrons. The van der Waals surface area contributed by atoms with Gasteiger partial charge in [-0.05, 0) is 66.5 Å². The van der Waals surface area contributed by atoms with E-state index in [2.05, 4.69) is 48.7 Å². The van der Waals surface area contributed by atoms with E-state index < -0.39 is 10.0 Å². The maximum Gasteiger partial charge on any atom is 0.243 e. The first-order valence-electron chi connectivity index (χ1n) is 13.3. The largest absolute Gasteiger partial charge is 0.489 e. The zero-order valence-corrected chi connectivity index (χ0v) is 22.0. The first-order chi connectivity index (χ1) is 18.0. The first kappa shape index (κ1) is 24.3. The predicted octanol–water partition coefficient (Wildman–Crippen LogP) is 6.51. The Hall–Kier alpha value is -3.09. The number of nitrogens with zero attached hydrogens (tertiary/aromatic N) is 1.